The van der Waals surface area contributed by atoms with Crippen LogP contribution < -0.4 is 5.32 Å². The third-order valence-electron chi connectivity index (χ3n) is 5.35. The van der Waals surface area contributed by atoms with Gasteiger partial charge in [-0.15, -0.1) is 6.58 Å². The van der Waals surface area contributed by atoms with Gasteiger partial charge in [-0.05, 0) is 32.1 Å². The zero-order chi connectivity index (χ0) is 20.1. The summed E-state index contributed by atoms with van der Waals surface area (Å²) in [4.78, 5) is 38.5. The van der Waals surface area contributed by atoms with Crippen LogP contribution in [-0.4, -0.2) is 38.2 Å². The summed E-state index contributed by atoms with van der Waals surface area (Å²) < 4.78 is 11.7. The maximum absolute atomic E-state index is 13.0. The predicted molar refractivity (Wildman–Crippen MR) is 102 cm³/mol. The van der Waals surface area contributed by atoms with Crippen molar-refractivity contribution in [1.82, 2.24) is 5.32 Å². The molecule has 3 rings (SSSR count). The fraction of sp³-hybridized carbons (Fsp3) is 0.450. The van der Waals surface area contributed by atoms with Crippen LogP contribution in [0.25, 0.3) is 0 Å². The maximum Gasteiger partial charge on any atom is 0.323 e. The summed E-state index contributed by atoms with van der Waals surface area (Å²) in [6.45, 7) is 11.8. The summed E-state index contributed by atoms with van der Waals surface area (Å²) in [5, 5.41) is 2.81. The highest BCUT2D eigenvalue weighted by atomic mass is 28.4. The number of carbonyl (C=O) groups is 3. The van der Waals surface area contributed by atoms with Gasteiger partial charge >= 0.3 is 5.97 Å². The van der Waals surface area contributed by atoms with Gasteiger partial charge in [-0.2, -0.15) is 0 Å². The van der Waals surface area contributed by atoms with Gasteiger partial charge in [0, 0.05) is 6.42 Å². The highest BCUT2D eigenvalue weighted by Crippen LogP contribution is 2.68. The second kappa shape index (κ2) is 6.14. The third-order valence-corrected chi connectivity index (χ3v) is 6.32. The van der Waals surface area contributed by atoms with Gasteiger partial charge in [0.05, 0.1) is 6.61 Å². The average molecular weight is 388 g/mol. The smallest absolute Gasteiger partial charge is 0.323 e. The van der Waals surface area contributed by atoms with Crippen LogP contribution in [-0.2, 0) is 29.1 Å². The molecule has 1 aromatic carbocycles. The molecule has 3 atom stereocenters. The van der Waals surface area contributed by atoms with Crippen LogP contribution in [0.15, 0.2) is 43.0 Å². The molecule has 0 unspecified atom stereocenters. The number of ketones is 1. The first kappa shape index (κ1) is 19.5. The van der Waals surface area contributed by atoms with Crippen molar-refractivity contribution in [3.8, 4) is 0 Å². The molecule has 1 aromatic rings. The van der Waals surface area contributed by atoms with Gasteiger partial charge in [-0.3, -0.25) is 14.4 Å². The predicted octanol–water partition coefficient (Wildman–Crippen LogP) is 2.31. The normalized spacial score (nSPS) is 32.3. The second-order valence-electron chi connectivity index (χ2n) is 8.01. The van der Waals surface area contributed by atoms with E-state index in [1.807, 2.05) is 25.7 Å². The van der Waals surface area contributed by atoms with Crippen molar-refractivity contribution < 1.29 is 23.5 Å². The number of amides is 1. The van der Waals surface area contributed by atoms with E-state index in [2.05, 4.69) is 11.9 Å². The van der Waals surface area contributed by atoms with Gasteiger partial charge in [-0.25, -0.2) is 0 Å². The van der Waals surface area contributed by atoms with Crippen LogP contribution in [0.2, 0.25) is 19.6 Å². The molecule has 0 spiro atoms. The van der Waals surface area contributed by atoms with Gasteiger partial charge < -0.3 is 14.5 Å². The van der Waals surface area contributed by atoms with Crippen LogP contribution in [0.4, 0.5) is 0 Å². The third kappa shape index (κ3) is 2.38. The lowest BCUT2D eigenvalue weighted by Crippen LogP contribution is -2.80. The molecule has 7 heteroatoms. The molecule has 1 saturated carbocycles. The number of Topliss-reactive ketones (excluding diaryl/α,β-unsaturated/α-hetero) is 1. The van der Waals surface area contributed by atoms with Crippen LogP contribution in [0.5, 0.6) is 0 Å². The zero-order valence-corrected chi connectivity index (χ0v) is 17.1. The molecule has 0 radical (unpaired) electrons. The first-order valence-corrected chi connectivity index (χ1v) is 12.4. The number of esters is 1. The minimum atomic E-state index is -2.14. The number of rotatable bonds is 6. The Labute approximate surface area is 160 Å². The Morgan fingerprint density at radius 3 is 2.41 bits per heavy atom. The molecule has 1 saturated heterocycles. The van der Waals surface area contributed by atoms with E-state index in [1.165, 1.54) is 0 Å². The Morgan fingerprint density at radius 2 is 1.89 bits per heavy atom. The SMILES string of the molecule is C=C[C@]1(O[Si](C)(C)C)C[C@@]2(C(=O)OCC)C(=O)C(=O)N[C@]21c1ccccc1. The van der Waals surface area contributed by atoms with Gasteiger partial charge in [0.2, 0.25) is 5.78 Å². The molecule has 144 valence electrons. The summed E-state index contributed by atoms with van der Waals surface area (Å²) in [6.07, 6.45) is 1.65. The molecule has 1 aliphatic heterocycles. The Bertz CT molecular complexity index is 817. The van der Waals surface area contributed by atoms with Crippen molar-refractivity contribution in [1.29, 1.82) is 0 Å². The minimum absolute atomic E-state index is 0.0269. The lowest BCUT2D eigenvalue weighted by Gasteiger charge is -2.64. The molecule has 1 aliphatic carbocycles. The maximum atomic E-state index is 13.0. The van der Waals surface area contributed by atoms with Crippen molar-refractivity contribution in [2.24, 2.45) is 5.41 Å². The first-order valence-electron chi connectivity index (χ1n) is 9.04. The highest BCUT2D eigenvalue weighted by Gasteiger charge is 2.86. The van der Waals surface area contributed by atoms with Crippen LogP contribution in [0, 0.1) is 5.41 Å². The molecular weight excluding hydrogens is 362 g/mol. The first-order chi connectivity index (χ1) is 12.6. The molecule has 1 amide bonds. The Morgan fingerprint density at radius 1 is 1.26 bits per heavy atom. The van der Waals surface area contributed by atoms with Gasteiger partial charge in [0.25, 0.3) is 5.91 Å². The van der Waals surface area contributed by atoms with Gasteiger partial charge in [0.15, 0.2) is 13.7 Å². The van der Waals surface area contributed by atoms with Crippen molar-refractivity contribution in [2.75, 3.05) is 6.61 Å². The lowest BCUT2D eigenvalue weighted by atomic mass is 9.44. The number of carbonyl (C=O) groups excluding carboxylic acids is 3. The van der Waals surface area contributed by atoms with E-state index in [4.69, 9.17) is 9.16 Å². The molecule has 0 bridgehead atoms. The minimum Gasteiger partial charge on any atom is -0.465 e. The fourth-order valence-electron chi connectivity index (χ4n) is 4.55. The molecule has 2 aliphatic rings. The van der Waals surface area contributed by atoms with Gasteiger partial charge in [0.1, 0.15) is 11.1 Å². The van der Waals surface area contributed by atoms with Crippen molar-refractivity contribution >= 4 is 26.0 Å². The summed E-state index contributed by atoms with van der Waals surface area (Å²) in [7, 11) is -2.14. The number of hydrogen-bond donors (Lipinski definition) is 1. The number of hydrogen-bond acceptors (Lipinski definition) is 5. The van der Waals surface area contributed by atoms with Crippen molar-refractivity contribution in [3.63, 3.8) is 0 Å². The largest absolute Gasteiger partial charge is 0.465 e. The summed E-state index contributed by atoms with van der Waals surface area (Å²) in [5.74, 6) is -2.27. The highest BCUT2D eigenvalue weighted by molar-refractivity contribution is 6.70. The van der Waals surface area contributed by atoms with E-state index >= 15 is 0 Å². The average Bonchev–Trinajstić information content (AvgIpc) is 2.79. The number of benzene rings is 1. The van der Waals surface area contributed by atoms with Crippen molar-refractivity contribution in [3.05, 3.63) is 48.6 Å². The number of fused-ring (bicyclic) bond motifs is 1. The van der Waals surface area contributed by atoms with Crippen molar-refractivity contribution in [2.45, 2.75) is 44.1 Å². The molecule has 6 nitrogen and oxygen atoms in total. The molecule has 0 aromatic heterocycles. The second-order valence-corrected chi connectivity index (χ2v) is 12.4. The van der Waals surface area contributed by atoms with E-state index in [0.717, 1.165) is 0 Å². The molecule has 1 N–H and O–H groups in total. The summed E-state index contributed by atoms with van der Waals surface area (Å²) in [5.41, 5.74) is -3.48. The van der Waals surface area contributed by atoms with Crippen LogP contribution in [0.3, 0.4) is 0 Å². The molecule has 27 heavy (non-hydrogen) atoms. The topological polar surface area (TPSA) is 81.7 Å². The van der Waals surface area contributed by atoms with E-state index in [1.54, 1.807) is 37.3 Å². The molecule has 2 fully saturated rings. The Hall–Kier alpha value is -2.25. The van der Waals surface area contributed by atoms with Crippen LogP contribution >= 0.6 is 0 Å². The Kier molecular flexibility index (Phi) is 4.43. The Balaban J connectivity index is 2.30. The standard InChI is InChI=1S/C20H25NO5Si/c1-6-18(26-27(3,4)5)13-19(17(24)25-7-2)15(22)16(23)21-20(18,19)14-11-9-8-10-12-14/h6,8-12H,1,7,13H2,2-5H3,(H,21,23)/t18-,19-,20-/m0/s1. The molecule has 1 heterocycles. The monoisotopic (exact) mass is 387 g/mol. The lowest BCUT2D eigenvalue weighted by molar-refractivity contribution is -0.205. The molecular formula is C20H25NO5Si. The summed E-state index contributed by atoms with van der Waals surface area (Å²) >= 11 is 0. The fourth-order valence-corrected chi connectivity index (χ4v) is 5.95. The van der Waals surface area contributed by atoms with Gasteiger partial charge in [-0.1, -0.05) is 36.4 Å². The summed E-state index contributed by atoms with van der Waals surface area (Å²) in [6, 6.07) is 9.01. The van der Waals surface area contributed by atoms with E-state index in [0.29, 0.717) is 5.56 Å². The van der Waals surface area contributed by atoms with E-state index in [-0.39, 0.29) is 13.0 Å². The zero-order valence-electron chi connectivity index (χ0n) is 16.1. The van der Waals surface area contributed by atoms with E-state index in [9.17, 15) is 14.4 Å². The van der Waals surface area contributed by atoms with E-state index < -0.39 is 42.5 Å². The quantitative estimate of drug-likeness (QED) is 0.266. The number of ether oxygens (including phenoxy) is 1. The number of nitrogens with one attached hydrogen (secondary N) is 1. The van der Waals surface area contributed by atoms with Crippen LogP contribution in [0.1, 0.15) is 18.9 Å².